The summed E-state index contributed by atoms with van der Waals surface area (Å²) in [4.78, 5) is 0. The van der Waals surface area contributed by atoms with Gasteiger partial charge in [0.25, 0.3) is 0 Å². The number of nitrogens with zero attached hydrogens (tertiary/aromatic N) is 1. The highest BCUT2D eigenvalue weighted by Crippen LogP contribution is 2.23. The van der Waals surface area contributed by atoms with E-state index < -0.39 is 0 Å². The van der Waals surface area contributed by atoms with Crippen LogP contribution in [0.3, 0.4) is 0 Å². The van der Waals surface area contributed by atoms with Crippen LogP contribution in [-0.4, -0.2) is 0 Å². The third-order valence-electron chi connectivity index (χ3n) is 3.84. The molecule has 1 unspecified atom stereocenters. The van der Waals surface area contributed by atoms with Gasteiger partial charge in [-0.15, -0.1) is 0 Å². The van der Waals surface area contributed by atoms with Gasteiger partial charge in [0.05, 0.1) is 17.7 Å². The van der Waals surface area contributed by atoms with E-state index in [0.29, 0.717) is 5.56 Å². The van der Waals surface area contributed by atoms with E-state index in [2.05, 4.69) is 59.9 Å². The van der Waals surface area contributed by atoms with Crippen molar-refractivity contribution in [1.82, 2.24) is 0 Å². The van der Waals surface area contributed by atoms with E-state index in [-0.39, 0.29) is 6.04 Å². The molecule has 112 valence electrons. The second kappa shape index (κ2) is 7.29. The minimum absolute atomic E-state index is 0.187. The molecule has 1 atom stereocenters. The maximum Gasteiger partial charge on any atom is 0.0991 e. The van der Waals surface area contributed by atoms with E-state index in [1.165, 1.54) is 11.1 Å². The molecule has 0 spiro atoms. The summed E-state index contributed by atoms with van der Waals surface area (Å²) in [5.74, 6) is 0. The number of benzene rings is 3. The highest BCUT2D eigenvalue weighted by molar-refractivity contribution is 5.49. The number of hydrogen-bond donors (Lipinski definition) is 1. The van der Waals surface area contributed by atoms with Gasteiger partial charge < -0.3 is 5.32 Å². The summed E-state index contributed by atoms with van der Waals surface area (Å²) in [6, 6.07) is 30.9. The van der Waals surface area contributed by atoms with Crippen molar-refractivity contribution < 1.29 is 0 Å². The Kier molecular flexibility index (Phi) is 4.71. The molecular weight excluding hydrogens is 280 g/mol. The molecular formula is C21H18N2. The summed E-state index contributed by atoms with van der Waals surface area (Å²) >= 11 is 0. The van der Waals surface area contributed by atoms with Gasteiger partial charge in [-0.05, 0) is 41.8 Å². The van der Waals surface area contributed by atoms with E-state index in [1.807, 2.05) is 36.4 Å². The molecule has 0 fully saturated rings. The molecule has 3 rings (SSSR count). The van der Waals surface area contributed by atoms with Crippen LogP contribution in [0.25, 0.3) is 0 Å². The van der Waals surface area contributed by atoms with Crippen LogP contribution in [0.4, 0.5) is 5.69 Å². The minimum Gasteiger partial charge on any atom is -0.378 e. The first kappa shape index (κ1) is 14.9. The largest absolute Gasteiger partial charge is 0.378 e. The molecule has 0 aliphatic rings. The van der Waals surface area contributed by atoms with Gasteiger partial charge in [0, 0.05) is 5.69 Å². The van der Waals surface area contributed by atoms with Crippen LogP contribution in [0.5, 0.6) is 0 Å². The Hall–Kier alpha value is -3.05. The van der Waals surface area contributed by atoms with Crippen LogP contribution in [0.2, 0.25) is 0 Å². The summed E-state index contributed by atoms with van der Waals surface area (Å²) in [5, 5.41) is 12.5. The van der Waals surface area contributed by atoms with Gasteiger partial charge in [-0.25, -0.2) is 0 Å². The summed E-state index contributed by atoms with van der Waals surface area (Å²) < 4.78 is 0. The van der Waals surface area contributed by atoms with Crippen LogP contribution in [0.1, 0.15) is 22.7 Å². The zero-order valence-electron chi connectivity index (χ0n) is 12.8. The molecule has 3 aromatic rings. The lowest BCUT2D eigenvalue weighted by molar-refractivity contribution is 0.775. The van der Waals surface area contributed by atoms with Crippen molar-refractivity contribution in [2.24, 2.45) is 0 Å². The predicted octanol–water partition coefficient (Wildman–Crippen LogP) is 4.95. The summed E-state index contributed by atoms with van der Waals surface area (Å²) in [7, 11) is 0. The normalized spacial score (nSPS) is 11.4. The number of anilines is 1. The predicted molar refractivity (Wildman–Crippen MR) is 94.1 cm³/mol. The zero-order valence-corrected chi connectivity index (χ0v) is 12.8. The van der Waals surface area contributed by atoms with Crippen molar-refractivity contribution in [3.63, 3.8) is 0 Å². The lowest BCUT2D eigenvalue weighted by Crippen LogP contribution is -2.13. The monoisotopic (exact) mass is 298 g/mol. The van der Waals surface area contributed by atoms with Crippen LogP contribution in [-0.2, 0) is 6.42 Å². The Labute approximate surface area is 137 Å². The van der Waals surface area contributed by atoms with E-state index in [4.69, 9.17) is 5.26 Å². The molecule has 1 N–H and O–H groups in total. The molecule has 0 saturated carbocycles. The van der Waals surface area contributed by atoms with E-state index in [9.17, 15) is 0 Å². The molecule has 0 aromatic heterocycles. The first-order valence-corrected chi connectivity index (χ1v) is 7.71. The Bertz CT molecular complexity index is 772. The third-order valence-corrected chi connectivity index (χ3v) is 3.84. The van der Waals surface area contributed by atoms with Crippen LogP contribution in [0, 0.1) is 11.3 Å². The van der Waals surface area contributed by atoms with Gasteiger partial charge in [0.15, 0.2) is 0 Å². The number of rotatable bonds is 5. The fraction of sp³-hybridized carbons (Fsp3) is 0.0952. The van der Waals surface area contributed by atoms with Gasteiger partial charge in [-0.2, -0.15) is 5.26 Å². The molecule has 23 heavy (non-hydrogen) atoms. The Balaban J connectivity index is 1.84. The summed E-state index contributed by atoms with van der Waals surface area (Å²) in [6.45, 7) is 0. The first-order chi connectivity index (χ1) is 11.3. The highest BCUT2D eigenvalue weighted by Gasteiger charge is 2.12. The molecule has 0 saturated heterocycles. The number of nitrogens with one attached hydrogen (secondary N) is 1. The fourth-order valence-electron chi connectivity index (χ4n) is 2.63. The minimum atomic E-state index is 0.187. The van der Waals surface area contributed by atoms with Crippen molar-refractivity contribution in [3.8, 4) is 6.07 Å². The Morgan fingerprint density at radius 2 is 1.39 bits per heavy atom. The van der Waals surface area contributed by atoms with Gasteiger partial charge in [0.2, 0.25) is 0 Å². The number of nitriles is 1. The molecule has 0 heterocycles. The standard InChI is InChI=1S/C21H18N2/c22-16-18-11-13-20(14-12-18)23-21(19-9-5-2-6-10-19)15-17-7-3-1-4-8-17/h1-14,21,23H,15H2. The van der Waals surface area contributed by atoms with E-state index >= 15 is 0 Å². The highest BCUT2D eigenvalue weighted by atomic mass is 14.9. The van der Waals surface area contributed by atoms with Crippen LogP contribution >= 0.6 is 0 Å². The van der Waals surface area contributed by atoms with Gasteiger partial charge in [-0.3, -0.25) is 0 Å². The fourth-order valence-corrected chi connectivity index (χ4v) is 2.63. The van der Waals surface area contributed by atoms with Gasteiger partial charge >= 0.3 is 0 Å². The maximum absolute atomic E-state index is 8.91. The van der Waals surface area contributed by atoms with Crippen molar-refractivity contribution >= 4 is 5.69 Å². The van der Waals surface area contributed by atoms with E-state index in [0.717, 1.165) is 12.1 Å². The average molecular weight is 298 g/mol. The van der Waals surface area contributed by atoms with Crippen molar-refractivity contribution in [1.29, 1.82) is 5.26 Å². The summed E-state index contributed by atoms with van der Waals surface area (Å²) in [6.07, 6.45) is 0.908. The third kappa shape index (κ3) is 3.99. The molecule has 0 bridgehead atoms. The molecule has 3 aromatic carbocycles. The van der Waals surface area contributed by atoms with E-state index in [1.54, 1.807) is 0 Å². The first-order valence-electron chi connectivity index (χ1n) is 7.71. The Morgan fingerprint density at radius 3 is 2.00 bits per heavy atom. The lowest BCUT2D eigenvalue weighted by atomic mass is 9.98. The summed E-state index contributed by atoms with van der Waals surface area (Å²) in [5.41, 5.74) is 4.24. The van der Waals surface area contributed by atoms with Crippen LogP contribution in [0.15, 0.2) is 84.9 Å². The van der Waals surface area contributed by atoms with Crippen molar-refractivity contribution in [3.05, 3.63) is 102 Å². The molecule has 0 radical (unpaired) electrons. The SMILES string of the molecule is N#Cc1ccc(NC(Cc2ccccc2)c2ccccc2)cc1. The van der Waals surface area contributed by atoms with Crippen LogP contribution < -0.4 is 5.32 Å². The molecule has 2 heteroatoms. The molecule has 0 aliphatic heterocycles. The van der Waals surface area contributed by atoms with Crippen molar-refractivity contribution in [2.45, 2.75) is 12.5 Å². The lowest BCUT2D eigenvalue weighted by Gasteiger charge is -2.21. The quantitative estimate of drug-likeness (QED) is 0.723. The average Bonchev–Trinajstić information content (AvgIpc) is 2.63. The van der Waals surface area contributed by atoms with Gasteiger partial charge in [0.1, 0.15) is 0 Å². The van der Waals surface area contributed by atoms with Crippen molar-refractivity contribution in [2.75, 3.05) is 5.32 Å². The molecule has 0 aliphatic carbocycles. The molecule has 0 amide bonds. The second-order valence-electron chi connectivity index (χ2n) is 5.49. The second-order valence-corrected chi connectivity index (χ2v) is 5.49. The smallest absolute Gasteiger partial charge is 0.0991 e. The Morgan fingerprint density at radius 1 is 0.783 bits per heavy atom. The maximum atomic E-state index is 8.91. The zero-order chi connectivity index (χ0) is 15.9. The number of hydrogen-bond acceptors (Lipinski definition) is 2. The topological polar surface area (TPSA) is 35.8 Å². The molecule has 2 nitrogen and oxygen atoms in total. The van der Waals surface area contributed by atoms with Gasteiger partial charge in [-0.1, -0.05) is 60.7 Å².